The maximum Gasteiger partial charge on any atom is 0.386 e. The number of benzene rings is 1. The molecule has 0 aliphatic heterocycles. The third-order valence-electron chi connectivity index (χ3n) is 1.43. The zero-order valence-electron chi connectivity index (χ0n) is 7.86. The molecule has 0 saturated carbocycles. The first kappa shape index (κ1) is 14.3. The summed E-state index contributed by atoms with van der Waals surface area (Å²) in [6.07, 6.45) is 0. The van der Waals surface area contributed by atoms with E-state index in [1.165, 1.54) is 12.1 Å². The molecule has 0 radical (unpaired) electrons. The Labute approximate surface area is 101 Å². The van der Waals surface area contributed by atoms with E-state index >= 15 is 0 Å². The van der Waals surface area contributed by atoms with Crippen molar-refractivity contribution in [1.82, 2.24) is 0 Å². The Morgan fingerprint density at radius 3 is 2.19 bits per heavy atom. The van der Waals surface area contributed by atoms with Crippen LogP contribution in [0.15, 0.2) is 29.2 Å². The predicted octanol–water partition coefficient (Wildman–Crippen LogP) is 1.03. The van der Waals surface area contributed by atoms with Gasteiger partial charge in [-0.25, -0.2) is 0 Å². The third-order valence-corrected chi connectivity index (χ3v) is 7.91. The molecule has 0 heterocycles. The van der Waals surface area contributed by atoms with Gasteiger partial charge >= 0.3 is 6.49 Å². The molecule has 3 N–H and O–H groups in total. The molecule has 5 nitrogen and oxygen atoms in total. The zero-order chi connectivity index (χ0) is 12.4. The molecule has 1 aromatic rings. The molecule has 1 aromatic carbocycles. The fourth-order valence-corrected chi connectivity index (χ4v) is 6.95. The third kappa shape index (κ3) is 5.53. The zero-order valence-corrected chi connectivity index (χ0v) is 11.2. The molecule has 16 heavy (non-hydrogen) atoms. The standard InChI is InChI=1S/C7H9ClO5P2S/c8-6-1-3-7(4-2-6)16-15(12,13)5-14(9,10)11/h1-4H,5H2,(H3-,9,10,11,12,13). The van der Waals surface area contributed by atoms with Crippen LogP contribution >= 0.6 is 25.7 Å². The normalized spacial score (nSPS) is 15.6. The quantitative estimate of drug-likeness (QED) is 0.572. The minimum Gasteiger partial charge on any atom is -0.778 e. The van der Waals surface area contributed by atoms with Crippen molar-refractivity contribution in [3.05, 3.63) is 29.3 Å². The molecule has 9 heteroatoms. The minimum atomic E-state index is -4.68. The number of rotatable bonds is 3. The van der Waals surface area contributed by atoms with Crippen molar-refractivity contribution in [2.45, 2.75) is 4.90 Å². The Morgan fingerprint density at radius 1 is 1.25 bits per heavy atom. The van der Waals surface area contributed by atoms with E-state index in [2.05, 4.69) is 0 Å². The van der Waals surface area contributed by atoms with Crippen molar-refractivity contribution in [3.63, 3.8) is 0 Å². The van der Waals surface area contributed by atoms with Crippen molar-refractivity contribution in [3.8, 4) is 0 Å². The molecule has 0 bridgehead atoms. The van der Waals surface area contributed by atoms with E-state index in [1.807, 2.05) is 0 Å². The molecule has 1 unspecified atom stereocenters. The van der Waals surface area contributed by atoms with E-state index in [0.29, 0.717) is 20.9 Å². The van der Waals surface area contributed by atoms with E-state index in [9.17, 15) is 19.2 Å². The Balaban J connectivity index is 2.98. The highest BCUT2D eigenvalue weighted by Gasteiger charge is 2.29. The summed E-state index contributed by atoms with van der Waals surface area (Å²) in [5, 5.41) is 0.487. The first-order valence-corrected chi connectivity index (χ1v) is 9.44. The first-order chi connectivity index (χ1) is 7.18. The molecular weight excluding hydrogens is 294 g/mol. The van der Waals surface area contributed by atoms with Crippen molar-refractivity contribution in [1.29, 1.82) is 0 Å². The van der Waals surface area contributed by atoms with Gasteiger partial charge in [0.05, 0.1) is 0 Å². The topological polar surface area (TPSA) is 101 Å². The highest BCUT2D eigenvalue weighted by molar-refractivity contribution is 8.20. The van der Waals surface area contributed by atoms with Crippen LogP contribution in [0.1, 0.15) is 0 Å². The SMILES string of the molecule is O=P([O-])(O)CP(O)(O)=[S+]c1ccc(Cl)cc1. The molecule has 0 aliphatic carbocycles. The lowest BCUT2D eigenvalue weighted by atomic mass is 10.4. The average Bonchev–Trinajstić information content (AvgIpc) is 2.04. The van der Waals surface area contributed by atoms with Gasteiger partial charge in [-0.3, -0.25) is 0 Å². The van der Waals surface area contributed by atoms with Crippen molar-refractivity contribution >= 4 is 36.6 Å². The maximum atomic E-state index is 10.5. The second-order valence-electron chi connectivity index (χ2n) is 2.99. The number of hydrogen-bond donors (Lipinski definition) is 3. The molecule has 0 spiro atoms. The largest absolute Gasteiger partial charge is 0.778 e. The fraction of sp³-hybridized carbons (Fsp3) is 0.143. The molecule has 0 fully saturated rings. The van der Waals surface area contributed by atoms with Gasteiger partial charge in [0.15, 0.2) is 0 Å². The van der Waals surface area contributed by atoms with Crippen LogP contribution in [0.25, 0.3) is 0 Å². The van der Waals surface area contributed by atoms with E-state index in [1.54, 1.807) is 12.1 Å². The van der Waals surface area contributed by atoms with Gasteiger partial charge < -0.3 is 24.1 Å². The Morgan fingerprint density at radius 2 is 1.75 bits per heavy atom. The lowest BCUT2D eigenvalue weighted by molar-refractivity contribution is -0.192. The average molecular weight is 303 g/mol. The molecule has 90 valence electrons. The maximum absolute atomic E-state index is 10.5. The van der Waals surface area contributed by atoms with Gasteiger partial charge in [0.1, 0.15) is 13.5 Å². The highest BCUT2D eigenvalue weighted by Crippen LogP contribution is 2.51. The lowest BCUT2D eigenvalue weighted by Crippen LogP contribution is -2.04. The summed E-state index contributed by atoms with van der Waals surface area (Å²) in [6.45, 7) is -3.75. The van der Waals surface area contributed by atoms with E-state index in [-0.39, 0.29) is 0 Å². The van der Waals surface area contributed by atoms with E-state index < -0.39 is 20.0 Å². The summed E-state index contributed by atoms with van der Waals surface area (Å²) in [5.74, 6) is -1.03. The monoisotopic (exact) mass is 302 g/mol. The van der Waals surface area contributed by atoms with Gasteiger partial charge in [0, 0.05) is 17.2 Å². The van der Waals surface area contributed by atoms with Crippen LogP contribution in [0.2, 0.25) is 5.02 Å². The summed E-state index contributed by atoms with van der Waals surface area (Å²) in [6, 6.07) is 6.14. The first-order valence-electron chi connectivity index (χ1n) is 3.99. The van der Waals surface area contributed by atoms with Gasteiger partial charge in [0.25, 0.3) is 10.9 Å². The Bertz CT molecular complexity index is 462. The molecule has 1 rings (SSSR count). The Kier molecular flexibility index (Phi) is 4.69. The number of halogens is 1. The van der Waals surface area contributed by atoms with E-state index in [4.69, 9.17) is 16.5 Å². The molecule has 0 saturated heterocycles. The molecule has 0 amide bonds. The van der Waals surface area contributed by atoms with Crippen LogP contribution in [0.4, 0.5) is 0 Å². The summed E-state index contributed by atoms with van der Waals surface area (Å²) < 4.78 is 10.5. The molecular formula is C7H9ClO5P2S. The van der Waals surface area contributed by atoms with Gasteiger partial charge in [-0.05, 0) is 12.1 Å². The van der Waals surface area contributed by atoms with Gasteiger partial charge in [0.2, 0.25) is 4.90 Å². The van der Waals surface area contributed by atoms with E-state index in [0.717, 1.165) is 0 Å². The van der Waals surface area contributed by atoms with Gasteiger partial charge in [-0.15, -0.1) is 0 Å². The predicted molar refractivity (Wildman–Crippen MR) is 63.1 cm³/mol. The van der Waals surface area contributed by atoms with Crippen LogP contribution in [0.3, 0.4) is 0 Å². The molecule has 1 atom stereocenters. The summed E-state index contributed by atoms with van der Waals surface area (Å²) >= 11 is 5.63. The fourth-order valence-electron chi connectivity index (χ4n) is 0.926. The van der Waals surface area contributed by atoms with Crippen LogP contribution in [0, 0.1) is 0 Å². The molecule has 0 aliphatic rings. The van der Waals surface area contributed by atoms with Crippen molar-refractivity contribution < 1.29 is 24.1 Å². The minimum absolute atomic E-state index is 0.469. The smallest absolute Gasteiger partial charge is 0.386 e. The second-order valence-corrected chi connectivity index (χ2v) is 10.1. The van der Waals surface area contributed by atoms with Gasteiger partial charge in [-0.1, -0.05) is 11.6 Å². The summed E-state index contributed by atoms with van der Waals surface area (Å²) in [5.41, 5.74) is 0. The summed E-state index contributed by atoms with van der Waals surface area (Å²) in [4.78, 5) is 38.4. The lowest BCUT2D eigenvalue weighted by Gasteiger charge is -2.14. The van der Waals surface area contributed by atoms with Crippen molar-refractivity contribution in [2.75, 3.05) is 5.90 Å². The van der Waals surface area contributed by atoms with Crippen LogP contribution < -0.4 is 4.89 Å². The van der Waals surface area contributed by atoms with Crippen LogP contribution in [-0.4, -0.2) is 20.6 Å². The second kappa shape index (κ2) is 5.25. The summed E-state index contributed by atoms with van der Waals surface area (Å²) in [7, 11) is -4.07. The van der Waals surface area contributed by atoms with Crippen LogP contribution in [0.5, 0.6) is 0 Å². The van der Waals surface area contributed by atoms with Crippen LogP contribution in [-0.2, 0) is 15.5 Å². The Hall–Kier alpha value is 0.230. The highest BCUT2D eigenvalue weighted by atomic mass is 35.5. The van der Waals surface area contributed by atoms with Crippen molar-refractivity contribution in [2.24, 2.45) is 0 Å². The number of hydrogen-bond acceptors (Lipinski definition) is 2. The molecule has 0 aromatic heterocycles. The van der Waals surface area contributed by atoms with Gasteiger partial charge in [-0.2, -0.15) is 0 Å².